The predicted molar refractivity (Wildman–Crippen MR) is 100 cm³/mol. The lowest BCUT2D eigenvalue weighted by atomic mass is 10.2. The summed E-state index contributed by atoms with van der Waals surface area (Å²) >= 11 is 1.82. The molecule has 2 rings (SSSR count). The van der Waals surface area contributed by atoms with Gasteiger partial charge in [0.2, 0.25) is 0 Å². The summed E-state index contributed by atoms with van der Waals surface area (Å²) in [4.78, 5) is 7.59. The van der Waals surface area contributed by atoms with Crippen molar-refractivity contribution in [1.29, 1.82) is 0 Å². The van der Waals surface area contributed by atoms with Crippen molar-refractivity contribution in [3.63, 3.8) is 0 Å². The lowest BCUT2D eigenvalue weighted by molar-refractivity contribution is 0.820. The second-order valence-electron chi connectivity index (χ2n) is 4.23. The topological polar surface area (TPSA) is 52.2 Å². The summed E-state index contributed by atoms with van der Waals surface area (Å²) in [6.45, 7) is 1.67. The van der Waals surface area contributed by atoms with E-state index < -0.39 is 0 Å². The van der Waals surface area contributed by atoms with Crippen LogP contribution in [0.15, 0.2) is 35.3 Å². The van der Waals surface area contributed by atoms with Crippen molar-refractivity contribution in [1.82, 2.24) is 15.6 Å². The van der Waals surface area contributed by atoms with Crippen molar-refractivity contribution in [2.45, 2.75) is 6.54 Å². The maximum atomic E-state index is 4.20. The van der Waals surface area contributed by atoms with Crippen LogP contribution >= 0.6 is 35.7 Å². The van der Waals surface area contributed by atoms with Crippen LogP contribution < -0.4 is 10.6 Å². The van der Waals surface area contributed by atoms with Crippen LogP contribution in [0.5, 0.6) is 0 Å². The van der Waals surface area contributed by atoms with E-state index in [1.807, 2.05) is 17.8 Å². The Morgan fingerprint density at radius 2 is 2.10 bits per heavy atom. The molecule has 4 nitrogen and oxygen atoms in total. The lowest BCUT2D eigenvalue weighted by Gasteiger charge is -2.10. The van der Waals surface area contributed by atoms with Crippen molar-refractivity contribution in [2.75, 3.05) is 25.6 Å². The molecule has 0 fully saturated rings. The quantitative estimate of drug-likeness (QED) is 0.311. The summed E-state index contributed by atoms with van der Waals surface area (Å²) in [5, 5.41) is 7.82. The van der Waals surface area contributed by atoms with Crippen LogP contribution in [0.3, 0.4) is 0 Å². The third-order valence-corrected chi connectivity index (χ3v) is 3.47. The fraction of sp³-hybridized carbons (Fsp3) is 0.357. The molecule has 0 aliphatic rings. The number of fused-ring (bicyclic) bond motifs is 1. The Labute approximate surface area is 141 Å². The molecule has 1 heterocycles. The normalized spacial score (nSPS) is 11.2. The van der Waals surface area contributed by atoms with E-state index in [4.69, 9.17) is 0 Å². The number of guanidine groups is 1. The van der Waals surface area contributed by atoms with Crippen LogP contribution in [0, 0.1) is 0 Å². The molecule has 3 N–H and O–H groups in total. The van der Waals surface area contributed by atoms with E-state index in [0.29, 0.717) is 0 Å². The molecule has 6 heteroatoms. The Morgan fingerprint density at radius 1 is 1.30 bits per heavy atom. The molecule has 20 heavy (non-hydrogen) atoms. The highest BCUT2D eigenvalue weighted by Crippen LogP contribution is 2.14. The summed E-state index contributed by atoms with van der Waals surface area (Å²) in [5.41, 5.74) is 2.33. The average Bonchev–Trinajstić information content (AvgIpc) is 2.85. The summed E-state index contributed by atoms with van der Waals surface area (Å²) in [7, 11) is 1.79. The number of hydrogen-bond acceptors (Lipinski definition) is 2. The Morgan fingerprint density at radius 3 is 2.80 bits per heavy atom. The number of benzene rings is 1. The van der Waals surface area contributed by atoms with E-state index in [-0.39, 0.29) is 24.0 Å². The SMILES string of the molecule is CN=C(NCCSC)NCc1cc2ccccc2[nH]1.I. The number of thioether (sulfide) groups is 1. The fourth-order valence-corrected chi connectivity index (χ4v) is 2.21. The molecule has 0 saturated carbocycles. The molecule has 1 aromatic carbocycles. The van der Waals surface area contributed by atoms with Gasteiger partial charge in [0.05, 0.1) is 6.54 Å². The molecule has 0 atom stereocenters. The molecule has 1 aromatic heterocycles. The molecule has 0 bridgehead atoms. The summed E-state index contributed by atoms with van der Waals surface area (Å²) in [6.07, 6.45) is 2.10. The first kappa shape index (κ1) is 17.2. The first-order valence-electron chi connectivity index (χ1n) is 6.33. The summed E-state index contributed by atoms with van der Waals surface area (Å²) in [5.74, 6) is 1.92. The van der Waals surface area contributed by atoms with Gasteiger partial charge in [-0.3, -0.25) is 4.99 Å². The Balaban J connectivity index is 0.00000200. The molecule has 110 valence electrons. The van der Waals surface area contributed by atoms with E-state index in [1.54, 1.807) is 7.05 Å². The molecule has 0 spiro atoms. The minimum atomic E-state index is 0. The van der Waals surface area contributed by atoms with Gasteiger partial charge in [-0.15, -0.1) is 24.0 Å². The van der Waals surface area contributed by atoms with Gasteiger partial charge in [-0.05, 0) is 23.8 Å². The summed E-state index contributed by atoms with van der Waals surface area (Å²) < 4.78 is 0. The number of hydrogen-bond donors (Lipinski definition) is 3. The molecular formula is C14H21IN4S. The minimum Gasteiger partial charge on any atom is -0.357 e. The maximum absolute atomic E-state index is 4.20. The smallest absolute Gasteiger partial charge is 0.191 e. The minimum absolute atomic E-state index is 0. The monoisotopic (exact) mass is 404 g/mol. The van der Waals surface area contributed by atoms with Crippen LogP contribution in [0.25, 0.3) is 10.9 Å². The van der Waals surface area contributed by atoms with Gasteiger partial charge in [0.1, 0.15) is 0 Å². The zero-order chi connectivity index (χ0) is 13.5. The van der Waals surface area contributed by atoms with Crippen LogP contribution in [0.2, 0.25) is 0 Å². The molecule has 0 aliphatic heterocycles. The maximum Gasteiger partial charge on any atom is 0.191 e. The number of para-hydroxylation sites is 1. The number of nitrogens with zero attached hydrogens (tertiary/aromatic N) is 1. The number of nitrogens with one attached hydrogen (secondary N) is 3. The second-order valence-corrected chi connectivity index (χ2v) is 5.21. The molecule has 0 amide bonds. The zero-order valence-electron chi connectivity index (χ0n) is 11.8. The van der Waals surface area contributed by atoms with Crippen molar-refractivity contribution < 1.29 is 0 Å². The molecule has 0 saturated heterocycles. The van der Waals surface area contributed by atoms with Crippen molar-refractivity contribution in [3.05, 3.63) is 36.0 Å². The van der Waals surface area contributed by atoms with Gasteiger partial charge in [-0.25, -0.2) is 0 Å². The van der Waals surface area contributed by atoms with Gasteiger partial charge in [-0.2, -0.15) is 11.8 Å². The standard InChI is InChI=1S/C14H20N4S.HI/c1-15-14(16-7-8-19-2)17-10-12-9-11-5-3-4-6-13(11)18-12;/h3-6,9,18H,7-8,10H2,1-2H3,(H2,15,16,17);1H. The number of H-pyrrole nitrogens is 1. The third kappa shape index (κ3) is 4.90. The van der Waals surface area contributed by atoms with Gasteiger partial charge in [-0.1, -0.05) is 18.2 Å². The van der Waals surface area contributed by atoms with Gasteiger partial charge in [0.15, 0.2) is 5.96 Å². The van der Waals surface area contributed by atoms with E-state index in [2.05, 4.69) is 51.1 Å². The molecule has 0 unspecified atom stereocenters. The van der Waals surface area contributed by atoms with Crippen LogP contribution in [-0.2, 0) is 6.54 Å². The largest absolute Gasteiger partial charge is 0.357 e. The highest BCUT2D eigenvalue weighted by atomic mass is 127. The van der Waals surface area contributed by atoms with Crippen LogP contribution in [-0.4, -0.2) is 36.5 Å². The molecule has 0 aliphatic carbocycles. The third-order valence-electron chi connectivity index (χ3n) is 2.85. The highest BCUT2D eigenvalue weighted by Gasteiger charge is 2.01. The first-order chi connectivity index (χ1) is 9.33. The second kappa shape index (κ2) is 9.12. The van der Waals surface area contributed by atoms with Gasteiger partial charge < -0.3 is 15.6 Å². The van der Waals surface area contributed by atoms with Crippen LogP contribution in [0.1, 0.15) is 5.69 Å². The lowest BCUT2D eigenvalue weighted by Crippen LogP contribution is -2.37. The van der Waals surface area contributed by atoms with Crippen molar-refractivity contribution >= 4 is 52.6 Å². The molecule has 2 aromatic rings. The van der Waals surface area contributed by atoms with Crippen LogP contribution in [0.4, 0.5) is 0 Å². The van der Waals surface area contributed by atoms with Crippen molar-refractivity contribution in [2.24, 2.45) is 4.99 Å². The van der Waals surface area contributed by atoms with Gasteiger partial charge in [0, 0.05) is 30.6 Å². The fourth-order valence-electron chi connectivity index (χ4n) is 1.90. The van der Waals surface area contributed by atoms with E-state index >= 15 is 0 Å². The van der Waals surface area contributed by atoms with E-state index in [1.165, 1.54) is 10.9 Å². The number of halogens is 1. The number of aromatic amines is 1. The molecule has 0 radical (unpaired) electrons. The Bertz CT molecular complexity index is 520. The molecular weight excluding hydrogens is 383 g/mol. The summed E-state index contributed by atoms with van der Waals surface area (Å²) in [6, 6.07) is 10.5. The number of rotatable bonds is 5. The van der Waals surface area contributed by atoms with Crippen molar-refractivity contribution in [3.8, 4) is 0 Å². The Kier molecular flexibility index (Phi) is 7.83. The number of aromatic nitrogens is 1. The van der Waals surface area contributed by atoms with E-state index in [0.717, 1.165) is 30.5 Å². The van der Waals surface area contributed by atoms with Gasteiger partial charge >= 0.3 is 0 Å². The Hall–Kier alpha value is -0.890. The number of aliphatic imine (C=N–C) groups is 1. The van der Waals surface area contributed by atoms with Gasteiger partial charge in [0.25, 0.3) is 0 Å². The van der Waals surface area contributed by atoms with E-state index in [9.17, 15) is 0 Å². The highest BCUT2D eigenvalue weighted by molar-refractivity contribution is 14.0. The average molecular weight is 404 g/mol. The zero-order valence-corrected chi connectivity index (χ0v) is 14.9. The predicted octanol–water partition coefficient (Wildman–Crippen LogP) is 2.81. The first-order valence-corrected chi connectivity index (χ1v) is 7.73.